The van der Waals surface area contributed by atoms with Gasteiger partial charge in [-0.1, -0.05) is 18.2 Å². The molecular formula is C15H15N3OS. The molecule has 2 atom stereocenters. The maximum absolute atomic E-state index is 12.3. The summed E-state index contributed by atoms with van der Waals surface area (Å²) in [6.45, 7) is 2.11. The largest absolute Gasteiger partial charge is 0.356 e. The number of rotatable bonds is 0. The van der Waals surface area contributed by atoms with Crippen molar-refractivity contribution in [2.45, 2.75) is 25.4 Å². The first-order valence-electron chi connectivity index (χ1n) is 6.79. The lowest BCUT2D eigenvalue weighted by molar-refractivity contribution is -0.127. The second kappa shape index (κ2) is 3.82. The summed E-state index contributed by atoms with van der Waals surface area (Å²) in [5.41, 5.74) is 3.59. The Morgan fingerprint density at radius 1 is 1.35 bits per heavy atom. The Hall–Kier alpha value is -1.88. The van der Waals surface area contributed by atoms with Gasteiger partial charge in [-0.05, 0) is 30.8 Å². The third-order valence-corrected chi connectivity index (χ3v) is 5.02. The van der Waals surface area contributed by atoms with Crippen LogP contribution in [0.4, 0.5) is 0 Å². The van der Waals surface area contributed by atoms with E-state index in [1.165, 1.54) is 16.6 Å². The standard InChI is InChI=1S/C15H15N3OS/c1-8-13-10(9-5-3-4-6-11(9)16-13)7-12-14(19)17(2)15(20)18(8)12/h3-6,8,12,16H,7H2,1-2H3/t8-,12+/m0/s1. The highest BCUT2D eigenvalue weighted by molar-refractivity contribution is 7.80. The number of para-hydroxylation sites is 1. The van der Waals surface area contributed by atoms with Crippen LogP contribution in [0.25, 0.3) is 10.9 Å². The molecule has 0 radical (unpaired) electrons. The zero-order valence-electron chi connectivity index (χ0n) is 11.4. The van der Waals surface area contributed by atoms with Crippen molar-refractivity contribution in [1.29, 1.82) is 0 Å². The molecule has 1 amide bonds. The topological polar surface area (TPSA) is 39.3 Å². The normalized spacial score (nSPS) is 25.3. The highest BCUT2D eigenvalue weighted by Crippen LogP contribution is 2.40. The van der Waals surface area contributed by atoms with Crippen LogP contribution in [0.1, 0.15) is 24.2 Å². The van der Waals surface area contributed by atoms with Gasteiger partial charge in [0.2, 0.25) is 0 Å². The average Bonchev–Trinajstić information content (AvgIpc) is 2.93. The van der Waals surface area contributed by atoms with Gasteiger partial charge in [-0.3, -0.25) is 9.69 Å². The fraction of sp³-hybridized carbons (Fsp3) is 0.333. The van der Waals surface area contributed by atoms with E-state index >= 15 is 0 Å². The Balaban J connectivity index is 1.92. The van der Waals surface area contributed by atoms with Crippen molar-refractivity contribution < 1.29 is 4.79 Å². The molecule has 2 aromatic rings. The van der Waals surface area contributed by atoms with Gasteiger partial charge >= 0.3 is 0 Å². The van der Waals surface area contributed by atoms with Crippen LogP contribution in [0.15, 0.2) is 24.3 Å². The number of thiocarbonyl (C=S) groups is 1. The van der Waals surface area contributed by atoms with Gasteiger partial charge in [0.05, 0.1) is 6.04 Å². The van der Waals surface area contributed by atoms with Gasteiger partial charge in [0.25, 0.3) is 5.91 Å². The monoisotopic (exact) mass is 285 g/mol. The number of nitrogens with zero attached hydrogens (tertiary/aromatic N) is 2. The number of likely N-dealkylation sites (N-methyl/N-ethyl adjacent to an activating group) is 1. The molecule has 0 aliphatic carbocycles. The van der Waals surface area contributed by atoms with E-state index in [1.807, 2.05) is 12.1 Å². The Morgan fingerprint density at radius 3 is 2.90 bits per heavy atom. The van der Waals surface area contributed by atoms with Crippen LogP contribution >= 0.6 is 12.2 Å². The molecule has 1 N–H and O–H groups in total. The minimum Gasteiger partial charge on any atom is -0.356 e. The van der Waals surface area contributed by atoms with Crippen molar-refractivity contribution in [2.75, 3.05) is 7.05 Å². The number of carbonyl (C=O) groups is 1. The Morgan fingerprint density at radius 2 is 2.10 bits per heavy atom. The highest BCUT2D eigenvalue weighted by Gasteiger charge is 2.47. The molecule has 4 rings (SSSR count). The van der Waals surface area contributed by atoms with Gasteiger partial charge < -0.3 is 9.88 Å². The summed E-state index contributed by atoms with van der Waals surface area (Å²) in [6.07, 6.45) is 0.729. The van der Waals surface area contributed by atoms with E-state index in [0.29, 0.717) is 5.11 Å². The summed E-state index contributed by atoms with van der Waals surface area (Å²) in [6, 6.07) is 8.24. The van der Waals surface area contributed by atoms with E-state index in [9.17, 15) is 4.79 Å². The summed E-state index contributed by atoms with van der Waals surface area (Å²) in [7, 11) is 1.77. The van der Waals surface area contributed by atoms with Crippen molar-refractivity contribution in [2.24, 2.45) is 0 Å². The summed E-state index contributed by atoms with van der Waals surface area (Å²) >= 11 is 5.42. The molecule has 0 saturated carbocycles. The molecule has 3 heterocycles. The van der Waals surface area contributed by atoms with Gasteiger partial charge in [-0.2, -0.15) is 0 Å². The van der Waals surface area contributed by atoms with Crippen molar-refractivity contribution >= 4 is 34.1 Å². The van der Waals surface area contributed by atoms with Crippen molar-refractivity contribution in [3.63, 3.8) is 0 Å². The SMILES string of the molecule is C[C@H]1c2[nH]c3ccccc3c2C[C@@H]2C(=O)N(C)C(=S)N21. The Bertz CT molecular complexity index is 751. The Labute approximate surface area is 122 Å². The lowest BCUT2D eigenvalue weighted by atomic mass is 9.93. The number of aromatic nitrogens is 1. The first kappa shape index (κ1) is 11.9. The molecule has 1 aromatic heterocycles. The molecule has 0 spiro atoms. The molecule has 0 bridgehead atoms. The zero-order chi connectivity index (χ0) is 14.0. The molecule has 1 fully saturated rings. The van der Waals surface area contributed by atoms with Crippen molar-refractivity contribution in [1.82, 2.24) is 14.8 Å². The third-order valence-electron chi connectivity index (χ3n) is 4.54. The van der Waals surface area contributed by atoms with Crippen LogP contribution in [0.3, 0.4) is 0 Å². The van der Waals surface area contributed by atoms with E-state index < -0.39 is 0 Å². The maximum atomic E-state index is 12.3. The smallest absolute Gasteiger partial charge is 0.251 e. The summed E-state index contributed by atoms with van der Waals surface area (Å²) in [5, 5.41) is 1.86. The second-order valence-electron chi connectivity index (χ2n) is 5.55. The fourth-order valence-corrected chi connectivity index (χ4v) is 3.87. The summed E-state index contributed by atoms with van der Waals surface area (Å²) < 4.78 is 0. The van der Waals surface area contributed by atoms with Crippen LogP contribution < -0.4 is 0 Å². The molecule has 2 aliphatic rings. The quantitative estimate of drug-likeness (QED) is 0.754. The first-order valence-corrected chi connectivity index (χ1v) is 7.19. The molecule has 2 aliphatic heterocycles. The molecule has 102 valence electrons. The van der Waals surface area contributed by atoms with Gasteiger partial charge in [0.1, 0.15) is 6.04 Å². The summed E-state index contributed by atoms with van der Waals surface area (Å²) in [4.78, 5) is 19.5. The number of fused-ring (bicyclic) bond motifs is 4. The lowest BCUT2D eigenvalue weighted by Gasteiger charge is -2.34. The minimum atomic E-state index is -0.144. The van der Waals surface area contributed by atoms with E-state index in [1.54, 1.807) is 11.9 Å². The number of hydrogen-bond donors (Lipinski definition) is 1. The molecule has 1 saturated heterocycles. The first-order chi connectivity index (χ1) is 9.59. The minimum absolute atomic E-state index is 0.109. The average molecular weight is 285 g/mol. The lowest BCUT2D eigenvalue weighted by Crippen LogP contribution is -2.42. The van der Waals surface area contributed by atoms with Gasteiger partial charge in [0, 0.05) is 30.1 Å². The molecule has 5 heteroatoms. The van der Waals surface area contributed by atoms with Crippen LogP contribution in [-0.2, 0) is 11.2 Å². The van der Waals surface area contributed by atoms with E-state index in [2.05, 4.69) is 28.9 Å². The number of amides is 1. The molecule has 1 aromatic carbocycles. The number of aromatic amines is 1. The van der Waals surface area contributed by atoms with Crippen molar-refractivity contribution in [3.05, 3.63) is 35.5 Å². The Kier molecular flexibility index (Phi) is 2.27. The number of benzene rings is 1. The van der Waals surface area contributed by atoms with E-state index in [0.717, 1.165) is 11.9 Å². The van der Waals surface area contributed by atoms with Crippen LogP contribution in [0.2, 0.25) is 0 Å². The van der Waals surface area contributed by atoms with Gasteiger partial charge in [-0.25, -0.2) is 0 Å². The fourth-order valence-electron chi connectivity index (χ4n) is 3.49. The molecule has 20 heavy (non-hydrogen) atoms. The highest BCUT2D eigenvalue weighted by atomic mass is 32.1. The molecule has 4 nitrogen and oxygen atoms in total. The zero-order valence-corrected chi connectivity index (χ0v) is 12.2. The summed E-state index contributed by atoms with van der Waals surface area (Å²) in [5.74, 6) is 0.109. The number of hydrogen-bond acceptors (Lipinski definition) is 2. The molecule has 0 unspecified atom stereocenters. The maximum Gasteiger partial charge on any atom is 0.251 e. The van der Waals surface area contributed by atoms with Gasteiger partial charge in [-0.15, -0.1) is 0 Å². The number of nitrogens with one attached hydrogen (secondary N) is 1. The van der Waals surface area contributed by atoms with E-state index in [4.69, 9.17) is 12.2 Å². The van der Waals surface area contributed by atoms with Gasteiger partial charge in [0.15, 0.2) is 5.11 Å². The number of H-pyrrole nitrogens is 1. The van der Waals surface area contributed by atoms with Crippen molar-refractivity contribution in [3.8, 4) is 0 Å². The predicted molar refractivity (Wildman–Crippen MR) is 81.4 cm³/mol. The second-order valence-corrected chi connectivity index (χ2v) is 5.91. The van der Waals surface area contributed by atoms with Crippen LogP contribution in [0.5, 0.6) is 0 Å². The predicted octanol–water partition coefficient (Wildman–Crippen LogP) is 2.21. The molecular weight excluding hydrogens is 270 g/mol. The number of carbonyl (C=O) groups excluding carboxylic acids is 1. The van der Waals surface area contributed by atoms with E-state index in [-0.39, 0.29) is 18.0 Å². The van der Waals surface area contributed by atoms with Crippen LogP contribution in [0, 0.1) is 0 Å². The van der Waals surface area contributed by atoms with Crippen LogP contribution in [-0.4, -0.2) is 38.9 Å². The third kappa shape index (κ3) is 1.31.